The zero-order valence-corrected chi connectivity index (χ0v) is 13.5. The summed E-state index contributed by atoms with van der Waals surface area (Å²) in [4.78, 5) is 24.3. The topological polar surface area (TPSA) is 69.6 Å². The number of hydrogen-bond donors (Lipinski definition) is 2. The second-order valence-corrected chi connectivity index (χ2v) is 5.62. The van der Waals surface area contributed by atoms with Crippen LogP contribution in [0.1, 0.15) is 20.3 Å². The Morgan fingerprint density at radius 3 is 2.70 bits per heavy atom. The van der Waals surface area contributed by atoms with E-state index in [1.54, 1.807) is 25.1 Å². The molecule has 0 radical (unpaired) electrons. The van der Waals surface area contributed by atoms with Gasteiger partial charge in [0.15, 0.2) is 0 Å². The van der Waals surface area contributed by atoms with Crippen LogP contribution in [0, 0.1) is 0 Å². The predicted octanol–water partition coefficient (Wildman–Crippen LogP) is 3.82. The van der Waals surface area contributed by atoms with Crippen molar-refractivity contribution in [1.82, 2.24) is 4.90 Å². The summed E-state index contributed by atoms with van der Waals surface area (Å²) in [5.74, 6) is -1.05. The molecule has 0 heterocycles. The molecule has 1 aromatic rings. The number of anilines is 1. The summed E-state index contributed by atoms with van der Waals surface area (Å²) in [7, 11) is 0. The van der Waals surface area contributed by atoms with Crippen molar-refractivity contribution in [2.24, 2.45) is 0 Å². The molecule has 0 aliphatic heterocycles. The first-order chi connectivity index (χ1) is 9.35. The smallest absolute Gasteiger partial charge is 0.323 e. The number of amides is 2. The van der Waals surface area contributed by atoms with Crippen LogP contribution in [0.5, 0.6) is 0 Å². The minimum Gasteiger partial charge on any atom is -0.480 e. The van der Waals surface area contributed by atoms with Gasteiger partial charge in [-0.15, -0.1) is 0 Å². The molecule has 0 bridgehead atoms. The van der Waals surface area contributed by atoms with Crippen molar-refractivity contribution in [3.8, 4) is 0 Å². The van der Waals surface area contributed by atoms with E-state index in [2.05, 4.69) is 21.2 Å². The standard InChI is InChI=1S/C13H16BrClN2O3/c1-3-8(2)17(7-12(18)19)13(20)16-11-6-9(15)4-5-10(11)14/h4-6,8H,3,7H2,1-2H3,(H,16,20)(H,18,19). The number of halogens is 2. The summed E-state index contributed by atoms with van der Waals surface area (Å²) in [6.07, 6.45) is 0.664. The zero-order valence-electron chi connectivity index (χ0n) is 11.2. The van der Waals surface area contributed by atoms with Gasteiger partial charge in [0, 0.05) is 15.5 Å². The number of rotatable bonds is 5. The van der Waals surface area contributed by atoms with Crippen LogP contribution in [-0.4, -0.2) is 34.6 Å². The molecule has 0 fully saturated rings. The Bertz CT molecular complexity index is 510. The average molecular weight is 364 g/mol. The van der Waals surface area contributed by atoms with Crippen molar-refractivity contribution in [2.75, 3.05) is 11.9 Å². The Balaban J connectivity index is 2.90. The van der Waals surface area contributed by atoms with Crippen molar-refractivity contribution < 1.29 is 14.7 Å². The number of aliphatic carboxylic acids is 1. The number of nitrogens with zero attached hydrogens (tertiary/aromatic N) is 1. The van der Waals surface area contributed by atoms with Crippen molar-refractivity contribution in [3.05, 3.63) is 27.7 Å². The van der Waals surface area contributed by atoms with Gasteiger partial charge in [-0.25, -0.2) is 4.79 Å². The first-order valence-electron chi connectivity index (χ1n) is 6.09. The molecule has 0 spiro atoms. The number of nitrogens with one attached hydrogen (secondary N) is 1. The highest BCUT2D eigenvalue weighted by atomic mass is 79.9. The molecule has 0 aliphatic carbocycles. The minimum atomic E-state index is -1.05. The van der Waals surface area contributed by atoms with Crippen LogP contribution in [0.3, 0.4) is 0 Å². The largest absolute Gasteiger partial charge is 0.480 e. The Labute approximate surface area is 131 Å². The van der Waals surface area contributed by atoms with Crippen LogP contribution in [0.2, 0.25) is 5.02 Å². The van der Waals surface area contributed by atoms with Gasteiger partial charge in [-0.2, -0.15) is 0 Å². The highest BCUT2D eigenvalue weighted by molar-refractivity contribution is 9.10. The average Bonchev–Trinajstić information content (AvgIpc) is 2.39. The Morgan fingerprint density at radius 2 is 2.15 bits per heavy atom. The number of carboxylic acids is 1. The van der Waals surface area contributed by atoms with Crippen molar-refractivity contribution in [1.29, 1.82) is 0 Å². The fourth-order valence-electron chi connectivity index (χ4n) is 1.57. The Morgan fingerprint density at radius 1 is 1.50 bits per heavy atom. The third kappa shape index (κ3) is 4.68. The number of benzene rings is 1. The molecule has 7 heteroatoms. The lowest BCUT2D eigenvalue weighted by Crippen LogP contribution is -2.44. The Kier molecular flexibility index (Phi) is 6.29. The maximum Gasteiger partial charge on any atom is 0.323 e. The van der Waals surface area contributed by atoms with Gasteiger partial charge < -0.3 is 15.3 Å². The van der Waals surface area contributed by atoms with E-state index < -0.39 is 12.0 Å². The molecular weight excluding hydrogens is 348 g/mol. The van der Waals surface area contributed by atoms with Crippen LogP contribution in [-0.2, 0) is 4.79 Å². The maximum atomic E-state index is 12.2. The summed E-state index contributed by atoms with van der Waals surface area (Å²) < 4.78 is 0.676. The van der Waals surface area contributed by atoms with Gasteiger partial charge in [0.25, 0.3) is 0 Å². The first kappa shape index (κ1) is 16.8. The highest BCUT2D eigenvalue weighted by Gasteiger charge is 2.22. The third-order valence-electron chi connectivity index (χ3n) is 2.86. The summed E-state index contributed by atoms with van der Waals surface area (Å²) in [5, 5.41) is 12.0. The van der Waals surface area contributed by atoms with E-state index in [4.69, 9.17) is 16.7 Å². The summed E-state index contributed by atoms with van der Waals surface area (Å²) in [6.45, 7) is 3.34. The second-order valence-electron chi connectivity index (χ2n) is 4.33. The van der Waals surface area contributed by atoms with Gasteiger partial charge in [-0.1, -0.05) is 18.5 Å². The van der Waals surface area contributed by atoms with E-state index in [0.717, 1.165) is 0 Å². The monoisotopic (exact) mass is 362 g/mol. The summed E-state index contributed by atoms with van der Waals surface area (Å²) >= 11 is 9.18. The lowest BCUT2D eigenvalue weighted by molar-refractivity contribution is -0.138. The van der Waals surface area contributed by atoms with Gasteiger partial charge in [0.05, 0.1) is 5.69 Å². The molecule has 2 amide bonds. The quantitative estimate of drug-likeness (QED) is 0.835. The molecular formula is C13H16BrClN2O3. The van der Waals surface area contributed by atoms with Gasteiger partial charge >= 0.3 is 12.0 Å². The van der Waals surface area contributed by atoms with E-state index in [0.29, 0.717) is 21.6 Å². The van der Waals surface area contributed by atoms with Crippen molar-refractivity contribution in [3.63, 3.8) is 0 Å². The molecule has 2 N–H and O–H groups in total. The highest BCUT2D eigenvalue weighted by Crippen LogP contribution is 2.26. The van der Waals surface area contributed by atoms with Crippen LogP contribution in [0.15, 0.2) is 22.7 Å². The van der Waals surface area contributed by atoms with Crippen LogP contribution in [0.25, 0.3) is 0 Å². The van der Waals surface area contributed by atoms with Crippen molar-refractivity contribution >= 4 is 45.2 Å². The van der Waals surface area contributed by atoms with E-state index in [9.17, 15) is 9.59 Å². The molecule has 1 unspecified atom stereocenters. The molecule has 5 nitrogen and oxygen atoms in total. The fraction of sp³-hybridized carbons (Fsp3) is 0.385. The Hall–Kier alpha value is -1.27. The van der Waals surface area contributed by atoms with Gasteiger partial charge in [-0.3, -0.25) is 4.79 Å². The molecule has 1 atom stereocenters. The molecule has 0 saturated heterocycles. The minimum absolute atomic E-state index is 0.177. The van der Waals surface area contributed by atoms with Gasteiger partial charge in [-0.05, 0) is 47.5 Å². The van der Waals surface area contributed by atoms with E-state index in [1.807, 2.05) is 6.92 Å². The maximum absolute atomic E-state index is 12.2. The third-order valence-corrected chi connectivity index (χ3v) is 3.79. The predicted molar refractivity (Wildman–Crippen MR) is 82.3 cm³/mol. The van der Waals surface area contributed by atoms with Gasteiger partial charge in [0.2, 0.25) is 0 Å². The fourth-order valence-corrected chi connectivity index (χ4v) is 2.09. The zero-order chi connectivity index (χ0) is 15.3. The molecule has 0 aliphatic rings. The number of hydrogen-bond acceptors (Lipinski definition) is 2. The number of carbonyl (C=O) groups is 2. The summed E-state index contributed by atoms with van der Waals surface area (Å²) in [5.41, 5.74) is 0.501. The number of carbonyl (C=O) groups excluding carboxylic acids is 1. The second kappa shape index (κ2) is 7.50. The molecule has 0 saturated carbocycles. The molecule has 20 heavy (non-hydrogen) atoms. The molecule has 0 aromatic heterocycles. The van der Waals surface area contributed by atoms with E-state index >= 15 is 0 Å². The normalized spacial score (nSPS) is 11.8. The van der Waals surface area contributed by atoms with Crippen LogP contribution >= 0.6 is 27.5 Å². The lowest BCUT2D eigenvalue weighted by atomic mass is 10.2. The van der Waals surface area contributed by atoms with Crippen LogP contribution < -0.4 is 5.32 Å². The van der Waals surface area contributed by atoms with Crippen molar-refractivity contribution in [2.45, 2.75) is 26.3 Å². The molecule has 1 aromatic carbocycles. The van der Waals surface area contributed by atoms with E-state index in [1.165, 1.54) is 4.90 Å². The van der Waals surface area contributed by atoms with Gasteiger partial charge in [0.1, 0.15) is 6.54 Å². The number of urea groups is 1. The lowest BCUT2D eigenvalue weighted by Gasteiger charge is -2.27. The SMILES string of the molecule is CCC(C)N(CC(=O)O)C(=O)Nc1cc(Cl)ccc1Br. The number of carboxylic acid groups (broad SMARTS) is 1. The van der Waals surface area contributed by atoms with E-state index in [-0.39, 0.29) is 12.6 Å². The molecule has 110 valence electrons. The first-order valence-corrected chi connectivity index (χ1v) is 7.26. The summed E-state index contributed by atoms with van der Waals surface area (Å²) in [6, 6.07) is 4.35. The molecule has 1 rings (SSSR count). The van der Waals surface area contributed by atoms with Crippen LogP contribution in [0.4, 0.5) is 10.5 Å².